The number of thiophene rings is 1. The van der Waals surface area contributed by atoms with Crippen LogP contribution in [0.4, 0.5) is 5.00 Å². The van der Waals surface area contributed by atoms with E-state index < -0.39 is 5.97 Å². The maximum atomic E-state index is 12.7. The Kier molecular flexibility index (Phi) is 8.73. The van der Waals surface area contributed by atoms with Gasteiger partial charge in [0, 0.05) is 11.4 Å². The highest BCUT2D eigenvalue weighted by molar-refractivity contribution is 7.99. The van der Waals surface area contributed by atoms with Gasteiger partial charge in [0.05, 0.1) is 18.4 Å². The van der Waals surface area contributed by atoms with Crippen molar-refractivity contribution in [3.05, 3.63) is 51.7 Å². The van der Waals surface area contributed by atoms with Crippen molar-refractivity contribution in [2.75, 3.05) is 18.2 Å². The van der Waals surface area contributed by atoms with Gasteiger partial charge in [-0.05, 0) is 51.8 Å². The van der Waals surface area contributed by atoms with Crippen LogP contribution in [0, 0.1) is 13.8 Å². The topological polar surface area (TPSA) is 95.3 Å². The molecule has 0 fully saturated rings. The zero-order chi connectivity index (χ0) is 24.8. The Morgan fingerprint density at radius 3 is 2.50 bits per heavy atom. The first kappa shape index (κ1) is 25.8. The molecule has 1 unspecified atom stereocenters. The van der Waals surface area contributed by atoms with E-state index in [1.807, 2.05) is 63.5 Å². The summed E-state index contributed by atoms with van der Waals surface area (Å²) in [6.45, 7) is 10.5. The van der Waals surface area contributed by atoms with Crippen molar-refractivity contribution in [1.82, 2.24) is 14.8 Å². The Balaban J connectivity index is 1.68. The van der Waals surface area contributed by atoms with Gasteiger partial charge in [-0.25, -0.2) is 4.79 Å². The molecule has 2 heterocycles. The second-order valence-corrected chi connectivity index (χ2v) is 9.85. The molecule has 1 amide bonds. The lowest BCUT2D eigenvalue weighted by molar-refractivity contribution is -0.113. The number of aryl methyl sites for hydroxylation is 2. The fraction of sp³-hybridized carbons (Fsp3) is 0.417. The molecule has 3 aromatic rings. The van der Waals surface area contributed by atoms with E-state index in [1.165, 1.54) is 30.2 Å². The number of amides is 1. The molecule has 0 aliphatic heterocycles. The number of nitrogens with zero attached hydrogens (tertiary/aromatic N) is 3. The predicted molar refractivity (Wildman–Crippen MR) is 135 cm³/mol. The fourth-order valence-electron chi connectivity index (χ4n) is 3.58. The van der Waals surface area contributed by atoms with Gasteiger partial charge in [-0.1, -0.05) is 36.4 Å². The summed E-state index contributed by atoms with van der Waals surface area (Å²) in [6.07, 6.45) is 0.380. The first-order valence-corrected chi connectivity index (χ1v) is 12.9. The number of esters is 1. The van der Waals surface area contributed by atoms with Crippen molar-refractivity contribution < 1.29 is 19.1 Å². The zero-order valence-corrected chi connectivity index (χ0v) is 21.9. The Morgan fingerprint density at radius 1 is 1.18 bits per heavy atom. The third-order valence-electron chi connectivity index (χ3n) is 5.30. The lowest BCUT2D eigenvalue weighted by Crippen LogP contribution is -2.17. The molecule has 0 bridgehead atoms. The minimum atomic E-state index is -0.443. The van der Waals surface area contributed by atoms with Gasteiger partial charge >= 0.3 is 5.97 Å². The number of methoxy groups -OCH3 is 1. The van der Waals surface area contributed by atoms with E-state index in [-0.39, 0.29) is 17.8 Å². The molecule has 1 N–H and O–H groups in total. The monoisotopic (exact) mass is 502 g/mol. The summed E-state index contributed by atoms with van der Waals surface area (Å²) < 4.78 is 12.9. The summed E-state index contributed by atoms with van der Waals surface area (Å²) in [7, 11) is 1.34. The maximum Gasteiger partial charge on any atom is 0.341 e. The van der Waals surface area contributed by atoms with Crippen LogP contribution in [-0.2, 0) is 22.5 Å². The Morgan fingerprint density at radius 2 is 1.88 bits per heavy atom. The minimum absolute atomic E-state index is 0.129. The Labute approximate surface area is 208 Å². The molecule has 0 radical (unpaired) electrons. The molecular formula is C24H30N4O4S2. The molecule has 1 atom stereocenters. The largest absolute Gasteiger partial charge is 0.483 e. The smallest absolute Gasteiger partial charge is 0.341 e. The third kappa shape index (κ3) is 5.79. The molecule has 2 aromatic heterocycles. The van der Waals surface area contributed by atoms with Crippen molar-refractivity contribution in [2.45, 2.75) is 58.8 Å². The van der Waals surface area contributed by atoms with Gasteiger partial charge in [-0.15, -0.1) is 21.5 Å². The summed E-state index contributed by atoms with van der Waals surface area (Å²) in [6, 6.07) is 7.85. The second kappa shape index (κ2) is 11.5. The summed E-state index contributed by atoms with van der Waals surface area (Å²) in [4.78, 5) is 26.0. The van der Waals surface area contributed by atoms with E-state index >= 15 is 0 Å². The summed E-state index contributed by atoms with van der Waals surface area (Å²) in [5.41, 5.74) is 2.50. The third-order valence-corrected chi connectivity index (χ3v) is 7.33. The average Bonchev–Trinajstić information content (AvgIpc) is 3.38. The fourth-order valence-corrected chi connectivity index (χ4v) is 5.54. The first-order chi connectivity index (χ1) is 16.3. The maximum absolute atomic E-state index is 12.7. The van der Waals surface area contributed by atoms with Crippen molar-refractivity contribution in [1.29, 1.82) is 0 Å². The molecule has 0 saturated heterocycles. The molecule has 3 rings (SSSR count). The van der Waals surface area contributed by atoms with Crippen LogP contribution in [0.1, 0.15) is 59.1 Å². The number of hydrogen-bond donors (Lipinski definition) is 1. The van der Waals surface area contributed by atoms with Gasteiger partial charge in [0.1, 0.15) is 10.8 Å². The van der Waals surface area contributed by atoms with E-state index in [0.29, 0.717) is 34.5 Å². The number of nitrogens with one attached hydrogen (secondary N) is 1. The number of thioether (sulfide) groups is 1. The predicted octanol–water partition coefficient (Wildman–Crippen LogP) is 5.20. The van der Waals surface area contributed by atoms with E-state index in [0.717, 1.165) is 21.8 Å². The van der Waals surface area contributed by atoms with Gasteiger partial charge in [-0.2, -0.15) is 0 Å². The lowest BCUT2D eigenvalue weighted by atomic mass is 10.1. The molecule has 34 heavy (non-hydrogen) atoms. The molecule has 0 saturated carbocycles. The summed E-state index contributed by atoms with van der Waals surface area (Å²) in [5.74, 6) is 0.916. The highest BCUT2D eigenvalue weighted by Crippen LogP contribution is 2.34. The molecule has 0 spiro atoms. The number of hydrogen-bond acceptors (Lipinski definition) is 8. The van der Waals surface area contributed by atoms with Crippen LogP contribution >= 0.6 is 23.1 Å². The number of carbonyl (C=O) groups excluding carboxylic acids is 2. The number of anilines is 1. The average molecular weight is 503 g/mol. The highest BCUT2D eigenvalue weighted by Gasteiger charge is 2.24. The molecule has 0 aliphatic rings. The molecular weight excluding hydrogens is 472 g/mol. The van der Waals surface area contributed by atoms with Crippen molar-refractivity contribution in [2.24, 2.45) is 0 Å². The SMILES string of the molecule is CCc1c(C)sc(NC(=O)CSc2nnc(C(C)Oc3ccc(C)cc3)n2CC)c1C(=O)OC. The molecule has 10 heteroatoms. The van der Waals surface area contributed by atoms with Crippen LogP contribution in [0.3, 0.4) is 0 Å². The van der Waals surface area contributed by atoms with Gasteiger partial charge in [-0.3, -0.25) is 4.79 Å². The standard InChI is InChI=1S/C24H30N4O4S2/c1-7-18-16(5)34-22(20(18)23(30)31-6)25-19(29)13-33-24-27-26-21(28(24)8-2)15(4)32-17-11-9-14(3)10-12-17/h9-12,15H,7-8,13H2,1-6H3,(H,25,29). The zero-order valence-electron chi connectivity index (χ0n) is 20.3. The van der Waals surface area contributed by atoms with Gasteiger partial charge < -0.3 is 19.4 Å². The molecule has 1 aromatic carbocycles. The second-order valence-electron chi connectivity index (χ2n) is 7.68. The number of ether oxygens (including phenoxy) is 2. The van der Waals surface area contributed by atoms with Crippen LogP contribution in [0.2, 0.25) is 0 Å². The normalized spacial score (nSPS) is 11.8. The van der Waals surface area contributed by atoms with Crippen molar-refractivity contribution in [3.8, 4) is 5.75 Å². The highest BCUT2D eigenvalue weighted by atomic mass is 32.2. The number of rotatable bonds is 10. The summed E-state index contributed by atoms with van der Waals surface area (Å²) in [5, 5.41) is 12.6. The Bertz CT molecular complexity index is 1150. The van der Waals surface area contributed by atoms with Gasteiger partial charge in [0.2, 0.25) is 5.91 Å². The number of aromatic nitrogens is 3. The molecule has 8 nitrogen and oxygen atoms in total. The van der Waals surface area contributed by atoms with Crippen LogP contribution in [0.5, 0.6) is 5.75 Å². The first-order valence-electron chi connectivity index (χ1n) is 11.1. The van der Waals surface area contributed by atoms with Gasteiger partial charge in [0.25, 0.3) is 0 Å². The van der Waals surface area contributed by atoms with E-state index in [2.05, 4.69) is 15.5 Å². The van der Waals surface area contributed by atoms with E-state index in [4.69, 9.17) is 9.47 Å². The van der Waals surface area contributed by atoms with Crippen molar-refractivity contribution >= 4 is 40.0 Å². The van der Waals surface area contributed by atoms with Crippen LogP contribution in [-0.4, -0.2) is 39.5 Å². The van der Waals surface area contributed by atoms with Crippen molar-refractivity contribution in [3.63, 3.8) is 0 Å². The van der Waals surface area contributed by atoms with Crippen LogP contribution < -0.4 is 10.1 Å². The van der Waals surface area contributed by atoms with E-state index in [9.17, 15) is 9.59 Å². The Hall–Kier alpha value is -2.85. The number of benzene rings is 1. The quantitative estimate of drug-likeness (QED) is 0.301. The summed E-state index contributed by atoms with van der Waals surface area (Å²) >= 11 is 2.68. The van der Waals surface area contributed by atoms with Gasteiger partial charge in [0.15, 0.2) is 17.1 Å². The minimum Gasteiger partial charge on any atom is -0.483 e. The molecule has 0 aliphatic carbocycles. The molecule has 182 valence electrons. The van der Waals surface area contributed by atoms with Crippen LogP contribution in [0.25, 0.3) is 0 Å². The number of carbonyl (C=O) groups is 2. The van der Waals surface area contributed by atoms with Crippen LogP contribution in [0.15, 0.2) is 29.4 Å². The van der Waals surface area contributed by atoms with E-state index in [1.54, 1.807) is 0 Å². The lowest BCUT2D eigenvalue weighted by Gasteiger charge is -2.15.